The Bertz CT molecular complexity index is 737. The van der Waals surface area contributed by atoms with Crippen LogP contribution in [0.15, 0.2) is 18.2 Å². The fourth-order valence-electron chi connectivity index (χ4n) is 3.59. The van der Waals surface area contributed by atoms with Gasteiger partial charge in [0.2, 0.25) is 0 Å². The summed E-state index contributed by atoms with van der Waals surface area (Å²) in [4.78, 5) is 12.4. The number of allylic oxidation sites excluding steroid dienone is 1. The summed E-state index contributed by atoms with van der Waals surface area (Å²) in [7, 11) is 0. The maximum Gasteiger partial charge on any atom is 0.417 e. The Labute approximate surface area is 178 Å². The van der Waals surface area contributed by atoms with Gasteiger partial charge < -0.3 is 4.74 Å². The van der Waals surface area contributed by atoms with Crippen LogP contribution in [0, 0.1) is 17.8 Å². The van der Waals surface area contributed by atoms with Crippen molar-refractivity contribution >= 4 is 46.3 Å². The van der Waals surface area contributed by atoms with E-state index in [4.69, 9.17) is 39.5 Å². The summed E-state index contributed by atoms with van der Waals surface area (Å²) in [5.41, 5.74) is -1.52. The van der Waals surface area contributed by atoms with E-state index < -0.39 is 23.8 Å². The molecule has 1 aliphatic rings. The number of alkyl halides is 3. The smallest absolute Gasteiger partial charge is 0.417 e. The summed E-state index contributed by atoms with van der Waals surface area (Å²) in [6, 6.07) is 2.06. The lowest BCUT2D eigenvalue weighted by molar-refractivity contribution is -0.150. The Morgan fingerprint density at radius 2 is 1.75 bits per heavy atom. The molecule has 1 aromatic carbocycles. The van der Waals surface area contributed by atoms with Crippen molar-refractivity contribution in [3.63, 3.8) is 0 Å². The van der Waals surface area contributed by atoms with Gasteiger partial charge in [-0.2, -0.15) is 13.2 Å². The minimum atomic E-state index is -4.79. The molecule has 1 fully saturated rings. The van der Waals surface area contributed by atoms with Gasteiger partial charge in [0, 0.05) is 6.08 Å². The second kappa shape index (κ2) is 9.27. The van der Waals surface area contributed by atoms with Crippen molar-refractivity contribution in [3.05, 3.63) is 38.8 Å². The van der Waals surface area contributed by atoms with Gasteiger partial charge in [-0.15, -0.1) is 0 Å². The molecule has 2 nitrogen and oxygen atoms in total. The number of rotatable bonds is 4. The lowest BCUT2D eigenvalue weighted by Crippen LogP contribution is -2.35. The monoisotopic (exact) mass is 456 g/mol. The third-order valence-corrected chi connectivity index (χ3v) is 6.29. The second-order valence-electron chi connectivity index (χ2n) is 7.61. The minimum Gasteiger partial charge on any atom is -0.459 e. The first-order valence-electron chi connectivity index (χ1n) is 9.04. The molecule has 0 saturated heterocycles. The average Bonchev–Trinajstić information content (AvgIpc) is 2.56. The Morgan fingerprint density at radius 1 is 1.18 bits per heavy atom. The van der Waals surface area contributed by atoms with E-state index in [0.717, 1.165) is 25.0 Å². The molecule has 1 aromatic rings. The summed E-state index contributed by atoms with van der Waals surface area (Å²) in [6.07, 6.45) is -2.19. The number of carbonyl (C=O) groups excluding carboxylic acids is 1. The lowest BCUT2D eigenvalue weighted by Gasteiger charge is -2.36. The first kappa shape index (κ1) is 23.4. The third kappa shape index (κ3) is 5.80. The highest BCUT2D eigenvalue weighted by Crippen LogP contribution is 2.40. The van der Waals surface area contributed by atoms with Crippen LogP contribution >= 0.6 is 34.8 Å². The van der Waals surface area contributed by atoms with Crippen molar-refractivity contribution in [1.82, 2.24) is 0 Å². The van der Waals surface area contributed by atoms with Gasteiger partial charge in [-0.3, -0.25) is 0 Å². The molecule has 0 bridgehead atoms. The van der Waals surface area contributed by atoms with Crippen molar-refractivity contribution in [2.24, 2.45) is 17.8 Å². The van der Waals surface area contributed by atoms with Crippen LogP contribution in [-0.4, -0.2) is 18.2 Å². The van der Waals surface area contributed by atoms with Gasteiger partial charge in [0.25, 0.3) is 0 Å². The molecule has 0 aromatic heterocycles. The Balaban J connectivity index is 2.33. The highest BCUT2D eigenvalue weighted by atomic mass is 35.5. The normalized spacial score (nSPS) is 23.8. The molecule has 8 heteroatoms. The molecule has 0 aliphatic heterocycles. The molecule has 28 heavy (non-hydrogen) atoms. The lowest BCUT2D eigenvalue weighted by atomic mass is 9.75. The van der Waals surface area contributed by atoms with E-state index in [1.165, 1.54) is 0 Å². The van der Waals surface area contributed by atoms with E-state index in [2.05, 4.69) is 0 Å². The first-order chi connectivity index (χ1) is 12.9. The van der Waals surface area contributed by atoms with Crippen LogP contribution in [-0.2, 0) is 9.53 Å². The Hall–Kier alpha value is -0.910. The number of esters is 1. The zero-order valence-corrected chi connectivity index (χ0v) is 18.0. The van der Waals surface area contributed by atoms with Crippen LogP contribution in [0.1, 0.15) is 45.6 Å². The zero-order chi connectivity index (χ0) is 21.2. The van der Waals surface area contributed by atoms with Crippen LogP contribution in [0.25, 0.3) is 5.57 Å². The van der Waals surface area contributed by atoms with Crippen LogP contribution in [0.4, 0.5) is 13.2 Å². The summed E-state index contributed by atoms with van der Waals surface area (Å²) in [5.74, 6) is -0.278. The third-order valence-electron chi connectivity index (χ3n) is 5.09. The zero-order valence-electron chi connectivity index (χ0n) is 15.7. The average molecular weight is 458 g/mol. The number of benzene rings is 1. The van der Waals surface area contributed by atoms with Gasteiger partial charge in [-0.25, -0.2) is 4.79 Å². The molecule has 0 N–H and O–H groups in total. The summed E-state index contributed by atoms with van der Waals surface area (Å²) < 4.78 is 46.2. The molecule has 0 amide bonds. The van der Waals surface area contributed by atoms with E-state index in [1.54, 1.807) is 0 Å². The number of carbonyl (C=O) groups is 1. The van der Waals surface area contributed by atoms with Gasteiger partial charge >= 0.3 is 12.1 Å². The summed E-state index contributed by atoms with van der Waals surface area (Å²) in [6.45, 7) is 6.10. The number of hydrogen-bond acceptors (Lipinski definition) is 2. The van der Waals surface area contributed by atoms with Crippen molar-refractivity contribution < 1.29 is 22.7 Å². The second-order valence-corrected chi connectivity index (χ2v) is 8.80. The van der Waals surface area contributed by atoms with Crippen molar-refractivity contribution in [2.75, 3.05) is 0 Å². The van der Waals surface area contributed by atoms with Crippen molar-refractivity contribution in [1.29, 1.82) is 0 Å². The predicted molar refractivity (Wildman–Crippen MR) is 107 cm³/mol. The number of hydrogen-bond donors (Lipinski definition) is 0. The van der Waals surface area contributed by atoms with Crippen LogP contribution in [0.3, 0.4) is 0 Å². The Kier molecular flexibility index (Phi) is 7.74. The van der Waals surface area contributed by atoms with E-state index in [0.29, 0.717) is 18.4 Å². The van der Waals surface area contributed by atoms with Gasteiger partial charge in [-0.05, 0) is 48.3 Å². The highest BCUT2D eigenvalue weighted by molar-refractivity contribution is 6.48. The van der Waals surface area contributed by atoms with Gasteiger partial charge in [-0.1, -0.05) is 62.0 Å². The molecule has 2 rings (SSSR count). The molecule has 156 valence electrons. The summed E-state index contributed by atoms with van der Waals surface area (Å²) >= 11 is 17.5. The van der Waals surface area contributed by atoms with Gasteiger partial charge in [0.05, 0.1) is 20.6 Å². The maximum atomic E-state index is 13.6. The van der Waals surface area contributed by atoms with E-state index in [-0.39, 0.29) is 32.5 Å². The van der Waals surface area contributed by atoms with E-state index in [9.17, 15) is 18.0 Å². The van der Waals surface area contributed by atoms with Crippen LogP contribution < -0.4 is 0 Å². The molecule has 0 spiro atoms. The molecule has 0 radical (unpaired) electrons. The minimum absolute atomic E-state index is 0.0489. The topological polar surface area (TPSA) is 26.3 Å². The predicted octanol–water partition coefficient (Wildman–Crippen LogP) is 7.60. The molecule has 0 unspecified atom stereocenters. The molecule has 3 atom stereocenters. The standard InChI is InChI=1S/C20H22Cl3F3O2/c1-10(2)13-5-4-11(3)6-17(13)28-18(27)9-14(20(24,25)26)12-7-15(21)19(23)16(22)8-12/h7-11,13,17H,4-6H2,1-3H3/b14-9+/t11-,13+,17-/m0/s1. The fourth-order valence-corrected chi connectivity index (χ4v) is 4.19. The van der Waals surface area contributed by atoms with Crippen LogP contribution in [0.5, 0.6) is 0 Å². The fraction of sp³-hybridized carbons (Fsp3) is 0.550. The molecule has 1 saturated carbocycles. The van der Waals surface area contributed by atoms with Crippen LogP contribution in [0.2, 0.25) is 15.1 Å². The molecule has 1 aliphatic carbocycles. The van der Waals surface area contributed by atoms with Gasteiger partial charge in [0.1, 0.15) is 6.10 Å². The maximum absolute atomic E-state index is 13.6. The van der Waals surface area contributed by atoms with Gasteiger partial charge in [0.15, 0.2) is 0 Å². The number of ether oxygens (including phenoxy) is 1. The van der Waals surface area contributed by atoms with E-state index >= 15 is 0 Å². The summed E-state index contributed by atoms with van der Waals surface area (Å²) in [5, 5.41) is -0.311. The SMILES string of the molecule is CC(C)[C@H]1CC[C@H](C)C[C@@H]1OC(=O)/C=C(\c1cc(Cl)c(Cl)c(Cl)c1)C(F)(F)F. The largest absolute Gasteiger partial charge is 0.459 e. The highest BCUT2D eigenvalue weighted by Gasteiger charge is 2.37. The molecule has 0 heterocycles. The quantitative estimate of drug-likeness (QED) is 0.264. The van der Waals surface area contributed by atoms with E-state index in [1.807, 2.05) is 20.8 Å². The Morgan fingerprint density at radius 3 is 2.25 bits per heavy atom. The number of halogens is 6. The van der Waals surface area contributed by atoms with Crippen molar-refractivity contribution in [2.45, 2.75) is 52.3 Å². The van der Waals surface area contributed by atoms with Crippen molar-refractivity contribution in [3.8, 4) is 0 Å². The first-order valence-corrected chi connectivity index (χ1v) is 10.2. The molecular weight excluding hydrogens is 436 g/mol. The molecular formula is C20H22Cl3F3O2.